The van der Waals surface area contributed by atoms with Gasteiger partial charge in [0, 0.05) is 25.9 Å². The third-order valence-electron chi connectivity index (χ3n) is 5.43. The zero-order chi connectivity index (χ0) is 22.4. The van der Waals surface area contributed by atoms with Gasteiger partial charge < -0.3 is 5.32 Å². The molecule has 0 radical (unpaired) electrons. The second-order valence-corrected chi connectivity index (χ2v) is 9.95. The Morgan fingerprint density at radius 3 is 2.67 bits per heavy atom. The van der Waals surface area contributed by atoms with Gasteiger partial charge in [-0.1, -0.05) is 24.0 Å². The Hall–Kier alpha value is -2.25. The molecule has 1 aromatic rings. The third kappa shape index (κ3) is 5.67. The van der Waals surface area contributed by atoms with Crippen LogP contribution >= 0.6 is 0 Å². The van der Waals surface area contributed by atoms with Gasteiger partial charge >= 0.3 is 0 Å². The quantitative estimate of drug-likeness (QED) is 0.337. The number of benzene rings is 1. The lowest BCUT2D eigenvalue weighted by atomic mass is 9.97. The fourth-order valence-electron chi connectivity index (χ4n) is 3.18. The van der Waals surface area contributed by atoms with E-state index in [1.54, 1.807) is 13.1 Å². The largest absolute Gasteiger partial charge is 0.309 e. The first-order valence-corrected chi connectivity index (χ1v) is 11.5. The summed E-state index contributed by atoms with van der Waals surface area (Å²) < 4.78 is 36.7. The van der Waals surface area contributed by atoms with Crippen molar-refractivity contribution in [1.82, 2.24) is 15.7 Å². The van der Waals surface area contributed by atoms with Crippen LogP contribution in [0.2, 0.25) is 0 Å². The summed E-state index contributed by atoms with van der Waals surface area (Å²) in [5, 5.41) is 11.8. The third-order valence-corrected chi connectivity index (χ3v) is 7.45. The number of hydroxylamine groups is 1. The van der Waals surface area contributed by atoms with Crippen LogP contribution in [0.15, 0.2) is 24.3 Å². The van der Waals surface area contributed by atoms with Gasteiger partial charge in [-0.25, -0.2) is 18.3 Å². The number of hydrogen-bond acceptors (Lipinski definition) is 6. The molecule has 3 N–H and O–H groups in total. The van der Waals surface area contributed by atoms with Crippen LogP contribution in [0, 0.1) is 17.7 Å². The maximum Gasteiger partial charge on any atom is 0.264 e. The first-order valence-electron chi connectivity index (χ1n) is 9.61. The molecule has 0 saturated carbocycles. The number of amides is 1. The lowest BCUT2D eigenvalue weighted by Gasteiger charge is -2.31. The van der Waals surface area contributed by atoms with Crippen LogP contribution in [-0.4, -0.2) is 68.7 Å². The van der Waals surface area contributed by atoms with Crippen LogP contribution in [0.5, 0.6) is 0 Å². The fraction of sp³-hybridized carbons (Fsp3) is 0.476. The van der Waals surface area contributed by atoms with Gasteiger partial charge in [-0.2, -0.15) is 0 Å². The molecule has 1 heterocycles. The number of carbonyl (C=O) groups excluding carboxylic acids is 1. The van der Waals surface area contributed by atoms with Crippen molar-refractivity contribution in [3.63, 3.8) is 0 Å². The lowest BCUT2D eigenvalue weighted by molar-refractivity contribution is -0.131. The molecule has 1 amide bonds. The van der Waals surface area contributed by atoms with Gasteiger partial charge in [0.1, 0.15) is 5.82 Å². The van der Waals surface area contributed by atoms with E-state index in [9.17, 15) is 17.6 Å². The number of nitrogens with zero attached hydrogens (tertiary/aromatic N) is 1. The van der Waals surface area contributed by atoms with E-state index in [0.717, 1.165) is 17.4 Å². The number of sulfone groups is 1. The topological polar surface area (TPSA) is 98.7 Å². The molecule has 1 unspecified atom stereocenters. The normalized spacial score (nSPS) is 16.8. The second kappa shape index (κ2) is 10.2. The maximum atomic E-state index is 14.3. The van der Waals surface area contributed by atoms with Crippen molar-refractivity contribution in [2.45, 2.75) is 24.5 Å². The van der Waals surface area contributed by atoms with E-state index in [2.05, 4.69) is 17.2 Å². The van der Waals surface area contributed by atoms with Gasteiger partial charge in [0.2, 0.25) is 0 Å². The van der Waals surface area contributed by atoms with Crippen LogP contribution in [-0.2, 0) is 14.6 Å². The van der Waals surface area contributed by atoms with Crippen molar-refractivity contribution < 1.29 is 22.8 Å². The molecule has 1 aliphatic rings. The van der Waals surface area contributed by atoms with E-state index in [1.165, 1.54) is 18.5 Å². The highest BCUT2D eigenvalue weighted by molar-refractivity contribution is 7.92. The number of rotatable bonds is 7. The standard InChI is InChI=1S/C21H28FN3O4S/c1-21(20(26)24-27,30(3,28)29)10-14-25-12-8-16(9-13-25)18-7-6-17(19(22)15-18)5-4-11-23-2/h6-8,15,23,27H,9-14H2,1-3H3,(H,24,26). The Kier molecular flexibility index (Phi) is 8.15. The molecule has 30 heavy (non-hydrogen) atoms. The van der Waals surface area contributed by atoms with Gasteiger partial charge in [0.05, 0.1) is 12.1 Å². The Labute approximate surface area is 177 Å². The molecule has 9 heteroatoms. The molecule has 0 saturated heterocycles. The van der Waals surface area contributed by atoms with Crippen LogP contribution in [0.1, 0.15) is 30.9 Å². The Balaban J connectivity index is 2.04. The second-order valence-electron chi connectivity index (χ2n) is 7.50. The Morgan fingerprint density at radius 1 is 1.40 bits per heavy atom. The smallest absolute Gasteiger partial charge is 0.264 e. The maximum absolute atomic E-state index is 14.3. The minimum atomic E-state index is -3.72. The zero-order valence-electron chi connectivity index (χ0n) is 17.5. The summed E-state index contributed by atoms with van der Waals surface area (Å²) in [6.07, 6.45) is 3.69. The Bertz CT molecular complexity index is 982. The first kappa shape index (κ1) is 24.0. The van der Waals surface area contributed by atoms with Crippen molar-refractivity contribution in [1.29, 1.82) is 0 Å². The predicted molar refractivity (Wildman–Crippen MR) is 114 cm³/mol. The minimum absolute atomic E-state index is 0.0516. The molecule has 164 valence electrons. The van der Waals surface area contributed by atoms with E-state index in [1.807, 2.05) is 17.0 Å². The molecule has 2 rings (SSSR count). The summed E-state index contributed by atoms with van der Waals surface area (Å²) in [5.41, 5.74) is 3.62. The number of halogens is 1. The summed E-state index contributed by atoms with van der Waals surface area (Å²) in [6.45, 7) is 3.37. The first-order chi connectivity index (χ1) is 14.1. The summed E-state index contributed by atoms with van der Waals surface area (Å²) in [5.74, 6) is 4.33. The minimum Gasteiger partial charge on any atom is -0.309 e. The summed E-state index contributed by atoms with van der Waals surface area (Å²) in [7, 11) is -1.94. The molecule has 1 aromatic carbocycles. The molecule has 7 nitrogen and oxygen atoms in total. The van der Waals surface area contributed by atoms with Crippen LogP contribution in [0.4, 0.5) is 4.39 Å². The highest BCUT2D eigenvalue weighted by Crippen LogP contribution is 2.26. The molecule has 0 bridgehead atoms. The van der Waals surface area contributed by atoms with Crippen molar-refractivity contribution >= 4 is 21.3 Å². The number of nitrogens with one attached hydrogen (secondary N) is 2. The van der Waals surface area contributed by atoms with E-state index in [0.29, 0.717) is 38.2 Å². The SMILES string of the molecule is CNCC#Cc1ccc(C2=CCN(CCC(C)(C(=O)NO)S(C)(=O)=O)CC2)cc1F. The summed E-state index contributed by atoms with van der Waals surface area (Å²) >= 11 is 0. The van der Waals surface area contributed by atoms with Gasteiger partial charge in [0.15, 0.2) is 14.6 Å². The Morgan fingerprint density at radius 2 is 2.13 bits per heavy atom. The van der Waals surface area contributed by atoms with Crippen LogP contribution in [0.25, 0.3) is 5.57 Å². The molecular weight excluding hydrogens is 409 g/mol. The predicted octanol–water partition coefficient (Wildman–Crippen LogP) is 1.18. The molecule has 1 atom stereocenters. The van der Waals surface area contributed by atoms with E-state index in [-0.39, 0.29) is 12.2 Å². The molecule has 0 fully saturated rings. The monoisotopic (exact) mass is 437 g/mol. The zero-order valence-corrected chi connectivity index (χ0v) is 18.3. The van der Waals surface area contributed by atoms with Crippen molar-refractivity contribution in [2.75, 3.05) is 39.5 Å². The molecule has 1 aliphatic heterocycles. The van der Waals surface area contributed by atoms with E-state index in [4.69, 9.17) is 5.21 Å². The van der Waals surface area contributed by atoms with Gasteiger partial charge in [-0.05, 0) is 50.1 Å². The van der Waals surface area contributed by atoms with Crippen molar-refractivity contribution in [3.05, 3.63) is 41.2 Å². The van der Waals surface area contributed by atoms with Crippen molar-refractivity contribution in [3.8, 4) is 11.8 Å². The highest BCUT2D eigenvalue weighted by Gasteiger charge is 2.43. The molecular formula is C21H28FN3O4S. The molecule has 0 aliphatic carbocycles. The van der Waals surface area contributed by atoms with Crippen LogP contribution < -0.4 is 10.8 Å². The van der Waals surface area contributed by atoms with Crippen LogP contribution in [0.3, 0.4) is 0 Å². The highest BCUT2D eigenvalue weighted by atomic mass is 32.2. The van der Waals surface area contributed by atoms with E-state index >= 15 is 0 Å². The molecule has 0 aromatic heterocycles. The number of hydrogen-bond donors (Lipinski definition) is 3. The van der Waals surface area contributed by atoms with Gasteiger partial charge in [0.25, 0.3) is 5.91 Å². The number of carbonyl (C=O) groups is 1. The summed E-state index contributed by atoms with van der Waals surface area (Å²) in [6, 6.07) is 5.00. The van der Waals surface area contributed by atoms with Gasteiger partial charge in [-0.15, -0.1) is 0 Å². The van der Waals surface area contributed by atoms with Gasteiger partial charge in [-0.3, -0.25) is 14.9 Å². The van der Waals surface area contributed by atoms with Crippen molar-refractivity contribution in [2.24, 2.45) is 0 Å². The summed E-state index contributed by atoms with van der Waals surface area (Å²) in [4.78, 5) is 13.9. The average molecular weight is 438 g/mol. The fourth-order valence-corrected chi connectivity index (χ4v) is 4.02. The van der Waals surface area contributed by atoms with E-state index < -0.39 is 20.5 Å². The lowest BCUT2D eigenvalue weighted by Crippen LogP contribution is -2.51. The molecule has 0 spiro atoms. The average Bonchev–Trinajstić information content (AvgIpc) is 2.72.